The zero-order chi connectivity index (χ0) is 19.8. The minimum absolute atomic E-state index is 0.517. The number of thiazole rings is 1. The average Bonchev–Trinajstić information content (AvgIpc) is 3.33. The van der Waals surface area contributed by atoms with Gasteiger partial charge in [0.25, 0.3) is 0 Å². The van der Waals surface area contributed by atoms with Gasteiger partial charge in [-0.3, -0.25) is 4.57 Å². The SMILES string of the molecule is Cc1ccccc1-n1cnn(C[NH+]2CCC[C@@H](c3nc4ccccc4s3)C2)c1=S. The number of hydrogen-bond donors (Lipinski definition) is 1. The molecule has 0 aliphatic carbocycles. The first-order valence-corrected chi connectivity index (χ1v) is 11.3. The van der Waals surface area contributed by atoms with Gasteiger partial charge in [-0.25, -0.2) is 4.98 Å². The monoisotopic (exact) mass is 422 g/mol. The van der Waals surface area contributed by atoms with Crippen LogP contribution in [0.4, 0.5) is 0 Å². The van der Waals surface area contributed by atoms with Crippen LogP contribution in [0.1, 0.15) is 29.3 Å². The predicted molar refractivity (Wildman–Crippen MR) is 119 cm³/mol. The molecule has 1 fully saturated rings. The van der Waals surface area contributed by atoms with Crippen molar-refractivity contribution in [2.75, 3.05) is 13.1 Å². The largest absolute Gasteiger partial charge is 0.316 e. The van der Waals surface area contributed by atoms with Crippen LogP contribution in [0.25, 0.3) is 15.9 Å². The van der Waals surface area contributed by atoms with E-state index < -0.39 is 0 Å². The van der Waals surface area contributed by atoms with Gasteiger partial charge in [-0.05, 0) is 55.7 Å². The van der Waals surface area contributed by atoms with E-state index in [1.54, 1.807) is 0 Å². The molecule has 0 spiro atoms. The van der Waals surface area contributed by atoms with Crippen molar-refractivity contribution in [3.05, 3.63) is 70.2 Å². The summed E-state index contributed by atoms with van der Waals surface area (Å²) in [6.07, 6.45) is 4.27. The van der Waals surface area contributed by atoms with Gasteiger partial charge in [0.15, 0.2) is 6.67 Å². The lowest BCUT2D eigenvalue weighted by atomic mass is 9.99. The molecule has 0 saturated carbocycles. The number of fused-ring (bicyclic) bond motifs is 1. The van der Waals surface area contributed by atoms with Gasteiger partial charge in [0.05, 0.1) is 34.9 Å². The second kappa shape index (κ2) is 7.82. The number of quaternary nitrogens is 1. The molecule has 5 nitrogen and oxygen atoms in total. The van der Waals surface area contributed by atoms with Crippen LogP contribution in [0.15, 0.2) is 54.9 Å². The van der Waals surface area contributed by atoms with Crippen LogP contribution < -0.4 is 4.90 Å². The Morgan fingerprint density at radius 2 is 2.00 bits per heavy atom. The minimum Gasteiger partial charge on any atom is -0.316 e. The number of likely N-dealkylation sites (tertiary alicyclic amines) is 1. The van der Waals surface area contributed by atoms with Crippen LogP contribution >= 0.6 is 23.6 Å². The zero-order valence-corrected chi connectivity index (χ0v) is 18.0. The minimum atomic E-state index is 0.517. The second-order valence-electron chi connectivity index (χ2n) is 7.79. The van der Waals surface area contributed by atoms with Gasteiger partial charge in [0, 0.05) is 0 Å². The van der Waals surface area contributed by atoms with Gasteiger partial charge < -0.3 is 4.90 Å². The Balaban J connectivity index is 1.35. The summed E-state index contributed by atoms with van der Waals surface area (Å²) in [6.45, 7) is 5.14. The number of aryl methyl sites for hydroxylation is 1. The quantitative estimate of drug-likeness (QED) is 0.509. The van der Waals surface area contributed by atoms with Crippen molar-refractivity contribution in [2.24, 2.45) is 0 Å². The highest BCUT2D eigenvalue weighted by Gasteiger charge is 2.27. The molecule has 0 bridgehead atoms. The fourth-order valence-corrected chi connectivity index (χ4v) is 5.59. The molecule has 7 heteroatoms. The number of rotatable bonds is 4. The molecule has 1 unspecified atom stereocenters. The normalized spacial score (nSPS) is 19.6. The van der Waals surface area contributed by atoms with Crippen molar-refractivity contribution in [1.29, 1.82) is 0 Å². The molecule has 1 aliphatic rings. The summed E-state index contributed by atoms with van der Waals surface area (Å²) in [5, 5.41) is 5.88. The van der Waals surface area contributed by atoms with Gasteiger partial charge in [0.1, 0.15) is 11.3 Å². The molecule has 1 saturated heterocycles. The molecule has 0 amide bonds. The fraction of sp³-hybridized carbons (Fsp3) is 0.318. The maximum Gasteiger partial charge on any atom is 0.207 e. The lowest BCUT2D eigenvalue weighted by molar-refractivity contribution is -0.929. The van der Waals surface area contributed by atoms with E-state index in [2.05, 4.69) is 48.4 Å². The van der Waals surface area contributed by atoms with Gasteiger partial charge in [0.2, 0.25) is 4.77 Å². The van der Waals surface area contributed by atoms with Gasteiger partial charge in [-0.2, -0.15) is 9.78 Å². The highest BCUT2D eigenvalue weighted by molar-refractivity contribution is 7.71. The number of nitrogens with one attached hydrogen (secondary N) is 1. The van der Waals surface area contributed by atoms with Gasteiger partial charge in [-0.1, -0.05) is 30.3 Å². The van der Waals surface area contributed by atoms with E-state index in [0.717, 1.165) is 35.7 Å². The number of aromatic nitrogens is 4. The zero-order valence-electron chi connectivity index (χ0n) is 16.4. The van der Waals surface area contributed by atoms with Crippen LogP contribution in [-0.4, -0.2) is 32.4 Å². The van der Waals surface area contributed by atoms with E-state index in [-0.39, 0.29) is 0 Å². The number of hydrogen-bond acceptors (Lipinski definition) is 4. The summed E-state index contributed by atoms with van der Waals surface area (Å²) < 4.78 is 6.03. The topological polar surface area (TPSA) is 40.1 Å². The molecular formula is C22H24N5S2+. The third-order valence-corrected chi connectivity index (χ3v) is 7.37. The Morgan fingerprint density at radius 3 is 2.86 bits per heavy atom. The van der Waals surface area contributed by atoms with Gasteiger partial charge >= 0.3 is 0 Å². The lowest BCUT2D eigenvalue weighted by Crippen LogP contribution is -3.12. The van der Waals surface area contributed by atoms with Gasteiger partial charge in [-0.15, -0.1) is 11.3 Å². The van der Waals surface area contributed by atoms with Crippen molar-refractivity contribution < 1.29 is 4.90 Å². The van der Waals surface area contributed by atoms with Crippen LogP contribution in [-0.2, 0) is 6.67 Å². The Morgan fingerprint density at radius 1 is 1.17 bits per heavy atom. The summed E-state index contributed by atoms with van der Waals surface area (Å²) >= 11 is 7.59. The third-order valence-electron chi connectivity index (χ3n) is 5.76. The summed E-state index contributed by atoms with van der Waals surface area (Å²) in [5.74, 6) is 0.517. The smallest absolute Gasteiger partial charge is 0.207 e. The van der Waals surface area contributed by atoms with Crippen LogP contribution in [0, 0.1) is 11.7 Å². The molecule has 2 atom stereocenters. The Kier molecular flexibility index (Phi) is 5.03. The molecule has 4 aromatic rings. The van der Waals surface area contributed by atoms with Crippen molar-refractivity contribution in [3.63, 3.8) is 0 Å². The average molecular weight is 423 g/mol. The molecular weight excluding hydrogens is 398 g/mol. The molecule has 1 N–H and O–H groups in total. The second-order valence-corrected chi connectivity index (χ2v) is 9.22. The Bertz CT molecular complexity index is 1170. The molecule has 29 heavy (non-hydrogen) atoms. The summed E-state index contributed by atoms with van der Waals surface area (Å²) in [6, 6.07) is 16.7. The van der Waals surface area contributed by atoms with Crippen molar-refractivity contribution in [3.8, 4) is 5.69 Å². The van der Waals surface area contributed by atoms with Crippen molar-refractivity contribution in [2.45, 2.75) is 32.4 Å². The molecule has 3 heterocycles. The Labute approximate surface area is 179 Å². The number of para-hydroxylation sites is 2. The predicted octanol–water partition coefficient (Wildman–Crippen LogP) is 3.74. The molecule has 1 aliphatic heterocycles. The van der Waals surface area contributed by atoms with E-state index in [1.165, 1.54) is 33.0 Å². The van der Waals surface area contributed by atoms with E-state index in [9.17, 15) is 0 Å². The highest BCUT2D eigenvalue weighted by atomic mass is 32.1. The maximum atomic E-state index is 5.74. The van der Waals surface area contributed by atoms with E-state index in [4.69, 9.17) is 17.2 Å². The van der Waals surface area contributed by atoms with E-state index in [0.29, 0.717) is 5.92 Å². The van der Waals surface area contributed by atoms with Crippen LogP contribution in [0.3, 0.4) is 0 Å². The summed E-state index contributed by atoms with van der Waals surface area (Å²) in [5.41, 5.74) is 3.42. The fourth-order valence-electron chi connectivity index (χ4n) is 4.23. The highest BCUT2D eigenvalue weighted by Crippen LogP contribution is 2.30. The first kappa shape index (κ1) is 18.7. The molecule has 0 radical (unpaired) electrons. The maximum absolute atomic E-state index is 5.74. The number of nitrogens with zero attached hydrogens (tertiary/aromatic N) is 4. The number of benzene rings is 2. The molecule has 5 rings (SSSR count). The van der Waals surface area contributed by atoms with Crippen LogP contribution in [0.2, 0.25) is 0 Å². The van der Waals surface area contributed by atoms with Crippen molar-refractivity contribution >= 4 is 33.8 Å². The third kappa shape index (κ3) is 3.66. The number of piperidine rings is 1. The first-order chi connectivity index (χ1) is 14.2. The standard InChI is InChI=1S/C22H23N5S2/c1-16-7-2-4-10-19(16)26-14-23-27(22(26)28)15-25-12-6-8-17(13-25)21-24-18-9-3-5-11-20(18)29-21/h2-5,7,9-11,14,17H,6,8,12-13,15H2,1H3/p+1/t17-/m1/s1. The molecule has 2 aromatic heterocycles. The summed E-state index contributed by atoms with van der Waals surface area (Å²) in [7, 11) is 0. The van der Waals surface area contributed by atoms with E-state index in [1.807, 2.05) is 39.0 Å². The van der Waals surface area contributed by atoms with Crippen molar-refractivity contribution in [1.82, 2.24) is 19.3 Å². The Hall–Kier alpha value is -2.35. The van der Waals surface area contributed by atoms with E-state index >= 15 is 0 Å². The lowest BCUT2D eigenvalue weighted by Gasteiger charge is -2.28. The molecule has 148 valence electrons. The first-order valence-electron chi connectivity index (χ1n) is 10.1. The molecule has 2 aromatic carbocycles. The van der Waals surface area contributed by atoms with Crippen LogP contribution in [0.5, 0.6) is 0 Å². The summed E-state index contributed by atoms with van der Waals surface area (Å²) in [4.78, 5) is 6.43.